The highest BCUT2D eigenvalue weighted by Crippen LogP contribution is 2.22. The highest BCUT2D eigenvalue weighted by molar-refractivity contribution is 6.17. The number of alkyl halides is 1. The molecule has 1 aromatic rings. The second kappa shape index (κ2) is 7.68. The highest BCUT2D eigenvalue weighted by atomic mass is 35.5. The monoisotopic (exact) mass is 295 g/mol. The summed E-state index contributed by atoms with van der Waals surface area (Å²) in [6.07, 6.45) is 2.12. The summed E-state index contributed by atoms with van der Waals surface area (Å²) in [4.78, 5) is 12.1. The second-order valence-corrected chi connectivity index (χ2v) is 6.77. The third-order valence-electron chi connectivity index (χ3n) is 3.66. The Bertz CT molecular complexity index is 437. The van der Waals surface area contributed by atoms with Crippen LogP contribution in [0.3, 0.4) is 0 Å². The van der Waals surface area contributed by atoms with Gasteiger partial charge in [0.05, 0.1) is 0 Å². The van der Waals surface area contributed by atoms with Crippen LogP contribution in [0.1, 0.15) is 44.7 Å². The molecule has 0 spiro atoms. The van der Waals surface area contributed by atoms with Gasteiger partial charge in [-0.05, 0) is 36.3 Å². The minimum atomic E-state index is 0.0349. The van der Waals surface area contributed by atoms with E-state index in [9.17, 15) is 4.79 Å². The van der Waals surface area contributed by atoms with Crippen LogP contribution in [-0.4, -0.2) is 17.8 Å². The highest BCUT2D eigenvalue weighted by Gasteiger charge is 2.25. The van der Waals surface area contributed by atoms with E-state index in [1.807, 2.05) is 12.1 Å². The summed E-state index contributed by atoms with van der Waals surface area (Å²) in [5, 5.41) is 3.12. The van der Waals surface area contributed by atoms with Crippen molar-refractivity contribution >= 4 is 17.5 Å². The Hall–Kier alpha value is -1.02. The summed E-state index contributed by atoms with van der Waals surface area (Å²) in [5.41, 5.74) is 2.52. The maximum atomic E-state index is 12.1. The average molecular weight is 296 g/mol. The minimum Gasteiger partial charge on any atom is -0.353 e. The van der Waals surface area contributed by atoms with Gasteiger partial charge in [-0.15, -0.1) is 11.6 Å². The first kappa shape index (κ1) is 17.0. The Morgan fingerprint density at radius 3 is 2.50 bits per heavy atom. The molecule has 112 valence electrons. The van der Waals surface area contributed by atoms with Gasteiger partial charge in [-0.25, -0.2) is 0 Å². The lowest BCUT2D eigenvalue weighted by Crippen LogP contribution is -2.44. The van der Waals surface area contributed by atoms with Gasteiger partial charge < -0.3 is 5.32 Å². The number of carbonyl (C=O) groups is 1. The smallest absolute Gasteiger partial charge is 0.220 e. The van der Waals surface area contributed by atoms with E-state index in [-0.39, 0.29) is 17.4 Å². The van der Waals surface area contributed by atoms with Crippen LogP contribution in [0.4, 0.5) is 0 Å². The zero-order chi connectivity index (χ0) is 15.2. The molecule has 0 heterocycles. The quantitative estimate of drug-likeness (QED) is 0.787. The van der Waals surface area contributed by atoms with Crippen LogP contribution in [0.2, 0.25) is 0 Å². The van der Waals surface area contributed by atoms with Gasteiger partial charge in [0, 0.05) is 18.3 Å². The largest absolute Gasteiger partial charge is 0.353 e. The van der Waals surface area contributed by atoms with E-state index in [0.29, 0.717) is 12.3 Å². The van der Waals surface area contributed by atoms with Crippen LogP contribution < -0.4 is 5.32 Å². The zero-order valence-electron chi connectivity index (χ0n) is 13.0. The Morgan fingerprint density at radius 1 is 1.30 bits per heavy atom. The molecular formula is C17H26ClNO. The predicted octanol–water partition coefficient (Wildman–Crippen LogP) is 4.09. The molecule has 0 aliphatic carbocycles. The molecule has 0 radical (unpaired) electrons. The van der Waals surface area contributed by atoms with Gasteiger partial charge in [-0.2, -0.15) is 0 Å². The number of hydrogen-bond acceptors (Lipinski definition) is 1. The molecule has 20 heavy (non-hydrogen) atoms. The molecule has 2 nitrogen and oxygen atoms in total. The number of aryl methyl sites for hydroxylation is 2. The van der Waals surface area contributed by atoms with Crippen molar-refractivity contribution in [1.29, 1.82) is 0 Å². The predicted molar refractivity (Wildman–Crippen MR) is 86.2 cm³/mol. The number of hydrogen-bond donors (Lipinski definition) is 1. The van der Waals surface area contributed by atoms with Crippen molar-refractivity contribution in [2.45, 2.75) is 53.0 Å². The Morgan fingerprint density at radius 2 is 1.95 bits per heavy atom. The summed E-state index contributed by atoms with van der Waals surface area (Å²) >= 11 is 5.83. The van der Waals surface area contributed by atoms with Crippen LogP contribution >= 0.6 is 11.6 Å². The summed E-state index contributed by atoms with van der Waals surface area (Å²) in [6, 6.07) is 8.34. The van der Waals surface area contributed by atoms with Crippen LogP contribution in [-0.2, 0) is 11.2 Å². The third kappa shape index (κ3) is 5.54. The van der Waals surface area contributed by atoms with E-state index >= 15 is 0 Å². The Labute approximate surface area is 127 Å². The standard InChI is InChI=1S/C17H26ClNO/c1-13-7-5-6-8-14(13)9-10-16(20)19-15(11-12-18)17(2,3)4/h5-8,15H,9-12H2,1-4H3,(H,19,20). The van der Waals surface area contributed by atoms with E-state index in [1.165, 1.54) is 11.1 Å². The second-order valence-electron chi connectivity index (χ2n) is 6.39. The average Bonchev–Trinajstić information content (AvgIpc) is 2.36. The van der Waals surface area contributed by atoms with Gasteiger partial charge in [0.2, 0.25) is 5.91 Å². The zero-order valence-corrected chi connectivity index (χ0v) is 13.8. The number of halogens is 1. The lowest BCUT2D eigenvalue weighted by molar-refractivity contribution is -0.122. The van der Waals surface area contributed by atoms with Crippen molar-refractivity contribution in [3.63, 3.8) is 0 Å². The maximum absolute atomic E-state index is 12.1. The molecule has 0 fully saturated rings. The fraction of sp³-hybridized carbons (Fsp3) is 0.588. The molecule has 0 aliphatic heterocycles. The molecular weight excluding hydrogens is 270 g/mol. The van der Waals surface area contributed by atoms with Gasteiger partial charge in [0.15, 0.2) is 0 Å². The van der Waals surface area contributed by atoms with Crippen molar-refractivity contribution in [3.8, 4) is 0 Å². The SMILES string of the molecule is Cc1ccccc1CCC(=O)NC(CCCl)C(C)(C)C. The lowest BCUT2D eigenvalue weighted by Gasteiger charge is -2.31. The first-order valence-electron chi connectivity index (χ1n) is 7.24. The van der Waals surface area contributed by atoms with Crippen molar-refractivity contribution in [3.05, 3.63) is 35.4 Å². The van der Waals surface area contributed by atoms with E-state index in [2.05, 4.69) is 45.1 Å². The van der Waals surface area contributed by atoms with Crippen molar-refractivity contribution in [2.75, 3.05) is 5.88 Å². The topological polar surface area (TPSA) is 29.1 Å². The first-order chi connectivity index (χ1) is 9.34. The van der Waals surface area contributed by atoms with Gasteiger partial charge in [0.1, 0.15) is 0 Å². The lowest BCUT2D eigenvalue weighted by atomic mass is 9.85. The number of benzene rings is 1. The van der Waals surface area contributed by atoms with E-state index < -0.39 is 0 Å². The number of nitrogens with one attached hydrogen (secondary N) is 1. The van der Waals surface area contributed by atoms with E-state index in [0.717, 1.165) is 12.8 Å². The van der Waals surface area contributed by atoms with Gasteiger partial charge in [-0.3, -0.25) is 4.79 Å². The number of rotatable bonds is 6. The van der Waals surface area contributed by atoms with Gasteiger partial charge in [0.25, 0.3) is 0 Å². The van der Waals surface area contributed by atoms with Crippen LogP contribution in [0.15, 0.2) is 24.3 Å². The van der Waals surface area contributed by atoms with Crippen molar-refractivity contribution in [2.24, 2.45) is 5.41 Å². The molecule has 1 rings (SSSR count). The molecule has 3 heteroatoms. The molecule has 1 N–H and O–H groups in total. The normalized spacial score (nSPS) is 13.1. The molecule has 1 unspecified atom stereocenters. The van der Waals surface area contributed by atoms with Crippen LogP contribution in [0, 0.1) is 12.3 Å². The molecule has 0 aliphatic rings. The molecule has 0 saturated carbocycles. The van der Waals surface area contributed by atoms with Gasteiger partial charge >= 0.3 is 0 Å². The van der Waals surface area contributed by atoms with Crippen LogP contribution in [0.25, 0.3) is 0 Å². The van der Waals surface area contributed by atoms with E-state index in [1.54, 1.807) is 0 Å². The van der Waals surface area contributed by atoms with Gasteiger partial charge in [-0.1, -0.05) is 45.0 Å². The number of amides is 1. The molecule has 0 aromatic heterocycles. The van der Waals surface area contributed by atoms with Crippen LogP contribution in [0.5, 0.6) is 0 Å². The summed E-state index contributed by atoms with van der Waals surface area (Å²) < 4.78 is 0. The molecule has 0 bridgehead atoms. The molecule has 1 aromatic carbocycles. The third-order valence-corrected chi connectivity index (χ3v) is 3.88. The summed E-state index contributed by atoms with van der Waals surface area (Å²) in [6.45, 7) is 8.47. The number of carbonyl (C=O) groups excluding carboxylic acids is 1. The fourth-order valence-corrected chi connectivity index (χ4v) is 2.45. The summed E-state index contributed by atoms with van der Waals surface area (Å²) in [5.74, 6) is 0.679. The first-order valence-corrected chi connectivity index (χ1v) is 7.78. The van der Waals surface area contributed by atoms with Crippen molar-refractivity contribution in [1.82, 2.24) is 5.32 Å². The Kier molecular flexibility index (Phi) is 6.54. The Balaban J connectivity index is 2.52. The molecule has 0 saturated heterocycles. The van der Waals surface area contributed by atoms with Crippen molar-refractivity contribution < 1.29 is 4.79 Å². The summed E-state index contributed by atoms with van der Waals surface area (Å²) in [7, 11) is 0. The van der Waals surface area contributed by atoms with E-state index in [4.69, 9.17) is 11.6 Å². The fourth-order valence-electron chi connectivity index (χ4n) is 2.24. The minimum absolute atomic E-state index is 0.0349. The molecule has 1 amide bonds. The molecule has 1 atom stereocenters. The maximum Gasteiger partial charge on any atom is 0.220 e.